The van der Waals surface area contributed by atoms with Gasteiger partial charge in [0.1, 0.15) is 11.6 Å². The summed E-state index contributed by atoms with van der Waals surface area (Å²) in [7, 11) is -3.03. The molecule has 6 nitrogen and oxygen atoms in total. The number of sulfone groups is 1. The number of hydrogen-bond acceptors (Lipinski definition) is 5. The van der Waals surface area contributed by atoms with Crippen molar-refractivity contribution < 1.29 is 13.2 Å². The molecule has 0 saturated carbocycles. The summed E-state index contributed by atoms with van der Waals surface area (Å²) in [6.07, 6.45) is 1.99. The largest absolute Gasteiger partial charge is 0.372 e. The monoisotopic (exact) mass is 473 g/mol. The standard InChI is InChI=1S/C17H20IN3O3S/c1-3-21(15-6-7-25(23,24)11-15)10-13(9-19)17(22)20-16-5-4-14(18)8-12(16)2/h4-5,8,10,15H,3,6-7,11H2,1-2H3,(H,20,22)/b13-10-. The SMILES string of the molecule is CCN(/C=C(/C#N)C(=O)Nc1ccc(I)cc1C)C1CCS(=O)(=O)C1. The molecule has 0 bridgehead atoms. The van der Waals surface area contributed by atoms with Gasteiger partial charge in [0.2, 0.25) is 0 Å². The highest BCUT2D eigenvalue weighted by Gasteiger charge is 2.31. The first-order valence-electron chi connectivity index (χ1n) is 7.91. The van der Waals surface area contributed by atoms with Gasteiger partial charge < -0.3 is 10.2 Å². The van der Waals surface area contributed by atoms with Gasteiger partial charge in [-0.3, -0.25) is 4.79 Å². The van der Waals surface area contributed by atoms with Crippen molar-refractivity contribution in [2.45, 2.75) is 26.3 Å². The molecule has 1 saturated heterocycles. The van der Waals surface area contributed by atoms with Crippen LogP contribution in [0.4, 0.5) is 5.69 Å². The summed E-state index contributed by atoms with van der Waals surface area (Å²) in [6, 6.07) is 7.34. The fourth-order valence-electron chi connectivity index (χ4n) is 2.75. The van der Waals surface area contributed by atoms with Gasteiger partial charge in [0.15, 0.2) is 9.84 Å². The van der Waals surface area contributed by atoms with Crippen LogP contribution in [0.2, 0.25) is 0 Å². The highest BCUT2D eigenvalue weighted by molar-refractivity contribution is 14.1. The molecule has 1 unspecified atom stereocenters. The average molecular weight is 473 g/mol. The minimum Gasteiger partial charge on any atom is -0.372 e. The molecule has 0 radical (unpaired) electrons. The second kappa shape index (κ2) is 8.19. The molecular weight excluding hydrogens is 453 g/mol. The molecule has 1 N–H and O–H groups in total. The molecule has 134 valence electrons. The van der Waals surface area contributed by atoms with Crippen LogP contribution in [0.3, 0.4) is 0 Å². The smallest absolute Gasteiger partial charge is 0.267 e. The number of rotatable bonds is 5. The van der Waals surface area contributed by atoms with E-state index in [9.17, 15) is 18.5 Å². The van der Waals surface area contributed by atoms with E-state index in [0.717, 1.165) is 9.13 Å². The summed E-state index contributed by atoms with van der Waals surface area (Å²) >= 11 is 2.19. The van der Waals surface area contributed by atoms with E-state index in [-0.39, 0.29) is 23.1 Å². The van der Waals surface area contributed by atoms with E-state index in [2.05, 4.69) is 27.9 Å². The summed E-state index contributed by atoms with van der Waals surface area (Å²) < 4.78 is 24.4. The predicted molar refractivity (Wildman–Crippen MR) is 106 cm³/mol. The van der Waals surface area contributed by atoms with Crippen molar-refractivity contribution in [2.24, 2.45) is 0 Å². The van der Waals surface area contributed by atoms with Crippen molar-refractivity contribution >= 4 is 44.0 Å². The molecule has 1 aliphatic heterocycles. The average Bonchev–Trinajstić information content (AvgIpc) is 2.91. The molecule has 0 aliphatic carbocycles. The first kappa shape index (κ1) is 19.7. The van der Waals surface area contributed by atoms with Gasteiger partial charge in [0.05, 0.1) is 11.5 Å². The van der Waals surface area contributed by atoms with Crippen LogP contribution >= 0.6 is 22.6 Å². The topological polar surface area (TPSA) is 90.3 Å². The summed E-state index contributed by atoms with van der Waals surface area (Å²) in [5.74, 6) is -0.280. The van der Waals surface area contributed by atoms with E-state index in [1.165, 1.54) is 6.20 Å². The Bertz CT molecular complexity index is 843. The Labute approximate surface area is 162 Å². The van der Waals surface area contributed by atoms with Gasteiger partial charge >= 0.3 is 0 Å². The molecule has 1 aliphatic rings. The van der Waals surface area contributed by atoms with Crippen LogP contribution in [0, 0.1) is 21.8 Å². The van der Waals surface area contributed by atoms with Crippen molar-refractivity contribution in [3.05, 3.63) is 39.1 Å². The van der Waals surface area contributed by atoms with Crippen LogP contribution in [0.15, 0.2) is 30.0 Å². The van der Waals surface area contributed by atoms with Crippen LogP contribution in [0.1, 0.15) is 18.9 Å². The molecular formula is C17H20IN3O3S. The van der Waals surface area contributed by atoms with Gasteiger partial charge in [0.25, 0.3) is 5.91 Å². The minimum atomic E-state index is -3.03. The van der Waals surface area contributed by atoms with E-state index >= 15 is 0 Å². The van der Waals surface area contributed by atoms with E-state index < -0.39 is 15.7 Å². The Kier molecular flexibility index (Phi) is 6.46. The van der Waals surface area contributed by atoms with E-state index in [0.29, 0.717) is 18.7 Å². The van der Waals surface area contributed by atoms with Crippen LogP contribution in [-0.4, -0.2) is 43.3 Å². The first-order valence-corrected chi connectivity index (χ1v) is 10.8. The summed E-state index contributed by atoms with van der Waals surface area (Å²) in [5, 5.41) is 12.1. The third kappa shape index (κ3) is 5.19. The second-order valence-electron chi connectivity index (χ2n) is 5.96. The zero-order valence-corrected chi connectivity index (χ0v) is 17.1. The lowest BCUT2D eigenvalue weighted by Crippen LogP contribution is -2.32. The van der Waals surface area contributed by atoms with E-state index in [1.807, 2.05) is 32.0 Å². The maximum atomic E-state index is 12.4. The Hall–Kier alpha value is -1.60. The first-order chi connectivity index (χ1) is 11.8. The van der Waals surface area contributed by atoms with E-state index in [1.54, 1.807) is 11.0 Å². The molecule has 1 aromatic carbocycles. The van der Waals surface area contributed by atoms with Gasteiger partial charge in [-0.15, -0.1) is 0 Å². The summed E-state index contributed by atoms with van der Waals surface area (Å²) in [5.41, 5.74) is 1.52. The van der Waals surface area contributed by atoms with Gasteiger partial charge in [-0.05, 0) is 66.6 Å². The maximum Gasteiger partial charge on any atom is 0.267 e. The molecule has 0 aromatic heterocycles. The maximum absolute atomic E-state index is 12.4. The molecule has 1 heterocycles. The normalized spacial score (nSPS) is 19.3. The molecule has 1 fully saturated rings. The van der Waals surface area contributed by atoms with Gasteiger partial charge in [-0.2, -0.15) is 5.26 Å². The fourth-order valence-corrected chi connectivity index (χ4v) is 5.14. The Morgan fingerprint density at radius 3 is 2.76 bits per heavy atom. The Morgan fingerprint density at radius 1 is 1.52 bits per heavy atom. The Balaban J connectivity index is 2.17. The third-order valence-corrected chi connectivity index (χ3v) is 6.56. The van der Waals surface area contributed by atoms with Crippen LogP contribution in [0.5, 0.6) is 0 Å². The number of halogens is 1. The number of aryl methyl sites for hydroxylation is 1. The molecule has 8 heteroatoms. The lowest BCUT2D eigenvalue weighted by molar-refractivity contribution is -0.112. The van der Waals surface area contributed by atoms with Crippen LogP contribution < -0.4 is 5.32 Å². The van der Waals surface area contributed by atoms with Crippen molar-refractivity contribution in [1.29, 1.82) is 5.26 Å². The number of benzene rings is 1. The Morgan fingerprint density at radius 2 is 2.24 bits per heavy atom. The summed E-state index contributed by atoms with van der Waals surface area (Å²) in [4.78, 5) is 14.2. The van der Waals surface area contributed by atoms with Crippen LogP contribution in [-0.2, 0) is 14.6 Å². The summed E-state index contributed by atoms with van der Waals surface area (Å²) in [6.45, 7) is 4.29. The van der Waals surface area contributed by atoms with Crippen molar-refractivity contribution in [3.63, 3.8) is 0 Å². The number of hydrogen-bond donors (Lipinski definition) is 1. The fraction of sp³-hybridized carbons (Fsp3) is 0.412. The number of nitriles is 1. The lowest BCUT2D eigenvalue weighted by Gasteiger charge is -2.25. The van der Waals surface area contributed by atoms with Crippen molar-refractivity contribution in [2.75, 3.05) is 23.4 Å². The van der Waals surface area contributed by atoms with Crippen molar-refractivity contribution in [1.82, 2.24) is 4.90 Å². The highest BCUT2D eigenvalue weighted by atomic mass is 127. The van der Waals surface area contributed by atoms with Crippen LogP contribution in [0.25, 0.3) is 0 Å². The molecule has 2 rings (SSSR count). The molecule has 1 amide bonds. The number of nitrogens with zero attached hydrogens (tertiary/aromatic N) is 2. The molecule has 1 atom stereocenters. The zero-order chi connectivity index (χ0) is 18.6. The van der Waals surface area contributed by atoms with E-state index in [4.69, 9.17) is 0 Å². The molecule has 0 spiro atoms. The van der Waals surface area contributed by atoms with Gasteiger partial charge in [0, 0.05) is 28.0 Å². The predicted octanol–water partition coefficient (Wildman–Crippen LogP) is 2.45. The number of nitrogens with one attached hydrogen (secondary N) is 1. The highest BCUT2D eigenvalue weighted by Crippen LogP contribution is 2.20. The molecule has 1 aromatic rings. The number of amides is 1. The number of carbonyl (C=O) groups is 1. The van der Waals surface area contributed by atoms with Crippen molar-refractivity contribution in [3.8, 4) is 6.07 Å². The number of anilines is 1. The quantitative estimate of drug-likeness (QED) is 0.403. The second-order valence-corrected chi connectivity index (χ2v) is 9.43. The zero-order valence-electron chi connectivity index (χ0n) is 14.1. The van der Waals surface area contributed by atoms with Gasteiger partial charge in [-0.25, -0.2) is 8.42 Å². The number of carbonyl (C=O) groups excluding carboxylic acids is 1. The minimum absolute atomic E-state index is 0.0379. The lowest BCUT2D eigenvalue weighted by atomic mass is 10.2. The third-order valence-electron chi connectivity index (χ3n) is 4.14. The molecule has 25 heavy (non-hydrogen) atoms. The van der Waals surface area contributed by atoms with Gasteiger partial charge in [-0.1, -0.05) is 0 Å².